The zero-order chi connectivity index (χ0) is 23.6. The van der Waals surface area contributed by atoms with E-state index < -0.39 is 0 Å². The highest BCUT2D eigenvalue weighted by Gasteiger charge is 2.17. The fourth-order valence-corrected chi connectivity index (χ4v) is 4.44. The van der Waals surface area contributed by atoms with Crippen molar-refractivity contribution >= 4 is 16.8 Å². The van der Waals surface area contributed by atoms with Crippen molar-refractivity contribution in [2.45, 2.75) is 33.6 Å². The third-order valence-electron chi connectivity index (χ3n) is 6.32. The number of rotatable bonds is 9. The maximum Gasteiger partial charge on any atom is 0.0891 e. The summed E-state index contributed by atoms with van der Waals surface area (Å²) in [6.07, 6.45) is 5.20. The number of hydrogen-bond acceptors (Lipinski definition) is 4. The Labute approximate surface area is 199 Å². The number of piperazine rings is 1. The van der Waals surface area contributed by atoms with Gasteiger partial charge in [0.25, 0.3) is 0 Å². The molecule has 1 aliphatic rings. The minimum atomic E-state index is 0.157. The second kappa shape index (κ2) is 12.4. The van der Waals surface area contributed by atoms with Crippen LogP contribution in [0.5, 0.6) is 0 Å². The molecular weight excluding hydrogens is 408 g/mol. The fourth-order valence-electron chi connectivity index (χ4n) is 4.44. The third kappa shape index (κ3) is 6.83. The first-order valence-electron chi connectivity index (χ1n) is 12.0. The number of likely N-dealkylation sites (N-methyl/N-ethyl adjacent to an activating group) is 1. The Morgan fingerprint density at radius 2 is 1.55 bits per heavy atom. The molecule has 0 bridgehead atoms. The fraction of sp³-hybridized carbons (Fsp3) is 0.379. The van der Waals surface area contributed by atoms with E-state index >= 15 is 0 Å². The lowest BCUT2D eigenvalue weighted by molar-refractivity contribution is 0.271. The monoisotopic (exact) mass is 446 g/mol. The van der Waals surface area contributed by atoms with Gasteiger partial charge in [-0.1, -0.05) is 55.5 Å². The zero-order valence-corrected chi connectivity index (χ0v) is 20.3. The van der Waals surface area contributed by atoms with Crippen molar-refractivity contribution < 1.29 is 10.2 Å². The molecule has 0 aromatic heterocycles. The molecule has 4 nitrogen and oxygen atoms in total. The lowest BCUT2D eigenvalue weighted by Gasteiger charge is -2.35. The number of allylic oxidation sites excluding steroid dienone is 6. The van der Waals surface area contributed by atoms with Crippen LogP contribution in [0.25, 0.3) is 11.1 Å². The van der Waals surface area contributed by atoms with Crippen molar-refractivity contribution in [3.63, 3.8) is 0 Å². The molecule has 1 aliphatic heterocycles. The molecule has 0 atom stereocenters. The molecule has 4 heteroatoms. The lowest BCUT2D eigenvalue weighted by Crippen LogP contribution is -2.46. The number of anilines is 1. The summed E-state index contributed by atoms with van der Waals surface area (Å²) >= 11 is 0. The van der Waals surface area contributed by atoms with Gasteiger partial charge in [0.05, 0.1) is 5.76 Å². The van der Waals surface area contributed by atoms with E-state index in [0.717, 1.165) is 61.4 Å². The van der Waals surface area contributed by atoms with Crippen LogP contribution in [0.15, 0.2) is 78.1 Å². The molecule has 3 rings (SSSR count). The van der Waals surface area contributed by atoms with Gasteiger partial charge in [-0.05, 0) is 79.3 Å². The van der Waals surface area contributed by atoms with Crippen LogP contribution in [0.4, 0.5) is 5.69 Å². The number of aliphatic hydroxyl groups is 2. The predicted molar refractivity (Wildman–Crippen MR) is 140 cm³/mol. The molecule has 0 aliphatic carbocycles. The van der Waals surface area contributed by atoms with Crippen LogP contribution in [-0.4, -0.2) is 54.4 Å². The van der Waals surface area contributed by atoms with Crippen LogP contribution >= 0.6 is 0 Å². The van der Waals surface area contributed by atoms with E-state index in [4.69, 9.17) is 0 Å². The predicted octanol–water partition coefficient (Wildman–Crippen LogP) is 5.92. The van der Waals surface area contributed by atoms with E-state index in [0.29, 0.717) is 6.42 Å². The van der Waals surface area contributed by atoms with E-state index in [1.807, 2.05) is 12.1 Å². The second-order valence-electron chi connectivity index (χ2n) is 8.67. The van der Waals surface area contributed by atoms with Crippen molar-refractivity contribution in [2.75, 3.05) is 44.2 Å². The number of aliphatic hydroxyl groups excluding tert-OH is 2. The van der Waals surface area contributed by atoms with E-state index in [1.165, 1.54) is 11.3 Å². The van der Waals surface area contributed by atoms with Gasteiger partial charge in [0.1, 0.15) is 0 Å². The smallest absolute Gasteiger partial charge is 0.0891 e. The van der Waals surface area contributed by atoms with E-state index in [2.05, 4.69) is 72.2 Å². The first-order chi connectivity index (χ1) is 16.0. The quantitative estimate of drug-likeness (QED) is 0.285. The molecule has 2 N–H and O–H groups in total. The van der Waals surface area contributed by atoms with E-state index in [1.54, 1.807) is 13.0 Å². The van der Waals surface area contributed by atoms with Crippen LogP contribution < -0.4 is 4.90 Å². The number of hydrogen-bond donors (Lipinski definition) is 2. The maximum absolute atomic E-state index is 9.73. The summed E-state index contributed by atoms with van der Waals surface area (Å²) in [5.74, 6) is 0.284. The highest BCUT2D eigenvalue weighted by Crippen LogP contribution is 2.36. The summed E-state index contributed by atoms with van der Waals surface area (Å²) < 4.78 is 0. The zero-order valence-electron chi connectivity index (χ0n) is 20.3. The topological polar surface area (TPSA) is 46.9 Å². The molecule has 0 radical (unpaired) electrons. The summed E-state index contributed by atoms with van der Waals surface area (Å²) in [4.78, 5) is 4.95. The summed E-state index contributed by atoms with van der Waals surface area (Å²) in [6, 6.07) is 19.3. The van der Waals surface area contributed by atoms with Gasteiger partial charge in [-0.25, -0.2) is 0 Å². The molecule has 1 saturated heterocycles. The molecule has 0 amide bonds. The Hall–Kier alpha value is -2.82. The highest BCUT2D eigenvalue weighted by atomic mass is 16.3. The van der Waals surface area contributed by atoms with Gasteiger partial charge < -0.3 is 20.0 Å². The number of benzene rings is 2. The Morgan fingerprint density at radius 3 is 2.12 bits per heavy atom. The largest absolute Gasteiger partial charge is 0.513 e. The Bertz CT molecular complexity index is 962. The molecule has 33 heavy (non-hydrogen) atoms. The van der Waals surface area contributed by atoms with Gasteiger partial charge in [0.15, 0.2) is 0 Å². The first-order valence-corrected chi connectivity index (χ1v) is 12.0. The van der Waals surface area contributed by atoms with Crippen molar-refractivity contribution in [2.24, 2.45) is 0 Å². The van der Waals surface area contributed by atoms with Crippen molar-refractivity contribution in [1.82, 2.24) is 4.90 Å². The minimum Gasteiger partial charge on any atom is -0.513 e. The molecular formula is C29H38N2O2. The minimum absolute atomic E-state index is 0.157. The molecule has 0 unspecified atom stereocenters. The standard InChI is InChI=1S/C29H38N2O2/c1-4-30-18-20-31(21-19-30)27-16-14-26(15-17-27)29(23(2)12-13-24(3)33)28(11-8-22-32)25-9-6-5-7-10-25/h5-7,9-10,12-17,32-33H,4,8,11,18-22H2,1-3H3/b23-12+,24-13+,29-28-. The van der Waals surface area contributed by atoms with Crippen LogP contribution in [0.3, 0.4) is 0 Å². The highest BCUT2D eigenvalue weighted by molar-refractivity contribution is 5.98. The molecule has 176 valence electrons. The van der Waals surface area contributed by atoms with Gasteiger partial charge in [0, 0.05) is 38.5 Å². The molecule has 2 aromatic rings. The molecule has 1 fully saturated rings. The maximum atomic E-state index is 9.73. The van der Waals surface area contributed by atoms with Crippen LogP contribution in [-0.2, 0) is 0 Å². The van der Waals surface area contributed by atoms with Crippen LogP contribution in [0.2, 0.25) is 0 Å². The second-order valence-corrected chi connectivity index (χ2v) is 8.67. The van der Waals surface area contributed by atoms with Gasteiger partial charge in [-0.3, -0.25) is 0 Å². The first kappa shape index (κ1) is 24.8. The van der Waals surface area contributed by atoms with Gasteiger partial charge in [-0.15, -0.1) is 0 Å². The van der Waals surface area contributed by atoms with Gasteiger partial charge in [-0.2, -0.15) is 0 Å². The molecule has 0 spiro atoms. The molecule has 1 heterocycles. The summed E-state index contributed by atoms with van der Waals surface area (Å²) in [5, 5.41) is 19.3. The van der Waals surface area contributed by atoms with Crippen molar-refractivity contribution in [3.05, 3.63) is 89.2 Å². The van der Waals surface area contributed by atoms with E-state index in [9.17, 15) is 10.2 Å². The molecule has 2 aromatic carbocycles. The molecule has 0 saturated carbocycles. The third-order valence-corrected chi connectivity index (χ3v) is 6.32. The summed E-state index contributed by atoms with van der Waals surface area (Å²) in [6.45, 7) is 11.6. The van der Waals surface area contributed by atoms with Gasteiger partial charge >= 0.3 is 0 Å². The van der Waals surface area contributed by atoms with Crippen LogP contribution in [0, 0.1) is 0 Å². The van der Waals surface area contributed by atoms with Crippen LogP contribution in [0.1, 0.15) is 44.7 Å². The Kier molecular flexibility index (Phi) is 9.35. The van der Waals surface area contributed by atoms with Crippen molar-refractivity contribution in [1.29, 1.82) is 0 Å². The lowest BCUT2D eigenvalue weighted by atomic mass is 9.87. The number of nitrogens with zero attached hydrogens (tertiary/aromatic N) is 2. The SMILES string of the molecule is CCN1CCN(c2ccc(C(=C(/CCCO)c3ccccc3)/C(C)=C/C=C(\C)O)cc2)CC1. The summed E-state index contributed by atoms with van der Waals surface area (Å²) in [7, 11) is 0. The average molecular weight is 447 g/mol. The Morgan fingerprint density at radius 1 is 0.879 bits per heavy atom. The summed E-state index contributed by atoms with van der Waals surface area (Å²) in [5.41, 5.74) is 7.04. The Balaban J connectivity index is 2.03. The van der Waals surface area contributed by atoms with E-state index in [-0.39, 0.29) is 12.4 Å². The normalized spacial score (nSPS) is 16.7. The average Bonchev–Trinajstić information content (AvgIpc) is 2.86. The van der Waals surface area contributed by atoms with Gasteiger partial charge in [0.2, 0.25) is 0 Å². The van der Waals surface area contributed by atoms with Crippen molar-refractivity contribution in [3.8, 4) is 0 Å².